The van der Waals surface area contributed by atoms with Gasteiger partial charge in [-0.1, -0.05) is 0 Å². The summed E-state index contributed by atoms with van der Waals surface area (Å²) in [6, 6.07) is 0. The molecule has 0 atom stereocenters. The Kier molecular flexibility index (Phi) is 3.96. The van der Waals surface area contributed by atoms with Gasteiger partial charge in [-0.2, -0.15) is 0 Å². The van der Waals surface area contributed by atoms with E-state index in [4.69, 9.17) is 0 Å². The van der Waals surface area contributed by atoms with Crippen molar-refractivity contribution >= 4 is 11.3 Å². The summed E-state index contributed by atoms with van der Waals surface area (Å²) < 4.78 is 2.53. The lowest BCUT2D eigenvalue weighted by Gasteiger charge is -2.07. The SMILES string of the molecule is Cc1ncsc1CNCc1cn(C)c(=O)n(C)c1=O. The van der Waals surface area contributed by atoms with Crippen LogP contribution in [0.15, 0.2) is 21.3 Å². The van der Waals surface area contributed by atoms with Crippen molar-refractivity contribution < 1.29 is 0 Å². The number of hydrogen-bond acceptors (Lipinski definition) is 5. The summed E-state index contributed by atoms with van der Waals surface area (Å²) in [5.41, 5.74) is 2.82. The minimum Gasteiger partial charge on any atom is -0.307 e. The molecule has 0 fully saturated rings. The van der Waals surface area contributed by atoms with E-state index in [1.165, 1.54) is 11.6 Å². The largest absolute Gasteiger partial charge is 0.330 e. The van der Waals surface area contributed by atoms with E-state index >= 15 is 0 Å². The van der Waals surface area contributed by atoms with E-state index in [0.29, 0.717) is 18.7 Å². The number of aryl methyl sites for hydroxylation is 2. The maximum atomic E-state index is 11.9. The Morgan fingerprint density at radius 1 is 1.32 bits per heavy atom. The van der Waals surface area contributed by atoms with Crippen LogP contribution in [0.1, 0.15) is 16.1 Å². The number of thiazole rings is 1. The lowest BCUT2D eigenvalue weighted by atomic mass is 10.3. The Bertz CT molecular complexity index is 698. The minimum atomic E-state index is -0.313. The number of nitrogens with one attached hydrogen (secondary N) is 1. The molecule has 0 amide bonds. The molecule has 0 radical (unpaired) electrons. The zero-order chi connectivity index (χ0) is 14.0. The first kappa shape index (κ1) is 13.7. The Balaban J connectivity index is 2.11. The summed E-state index contributed by atoms with van der Waals surface area (Å²) in [5.74, 6) is 0. The van der Waals surface area contributed by atoms with Crippen LogP contribution in [0.3, 0.4) is 0 Å². The van der Waals surface area contributed by atoms with Gasteiger partial charge in [-0.25, -0.2) is 9.78 Å². The van der Waals surface area contributed by atoms with Gasteiger partial charge in [0.2, 0.25) is 0 Å². The number of aromatic nitrogens is 3. The van der Waals surface area contributed by atoms with Crippen molar-refractivity contribution in [3.63, 3.8) is 0 Å². The molecule has 0 spiro atoms. The van der Waals surface area contributed by atoms with Crippen LogP contribution in [0.5, 0.6) is 0 Å². The molecule has 0 saturated carbocycles. The van der Waals surface area contributed by atoms with Crippen molar-refractivity contribution in [3.8, 4) is 0 Å². The quantitative estimate of drug-likeness (QED) is 0.865. The average Bonchev–Trinajstić information content (AvgIpc) is 2.79. The number of hydrogen-bond donors (Lipinski definition) is 1. The predicted octanol–water partition coefficient (Wildman–Crippen LogP) is 0.139. The van der Waals surface area contributed by atoms with Gasteiger partial charge in [0, 0.05) is 43.8 Å². The van der Waals surface area contributed by atoms with E-state index in [0.717, 1.165) is 15.1 Å². The molecule has 0 aromatic carbocycles. The third-order valence-electron chi connectivity index (χ3n) is 2.96. The van der Waals surface area contributed by atoms with Gasteiger partial charge in [0.15, 0.2) is 0 Å². The summed E-state index contributed by atoms with van der Waals surface area (Å²) in [6.07, 6.45) is 1.58. The van der Waals surface area contributed by atoms with Crippen LogP contribution in [0.25, 0.3) is 0 Å². The summed E-state index contributed by atoms with van der Waals surface area (Å²) in [5, 5.41) is 3.20. The van der Waals surface area contributed by atoms with Crippen molar-refractivity contribution in [1.82, 2.24) is 19.4 Å². The van der Waals surface area contributed by atoms with Gasteiger partial charge in [0.1, 0.15) is 0 Å². The molecule has 2 aromatic rings. The summed E-state index contributed by atoms with van der Waals surface area (Å²) in [7, 11) is 3.13. The highest BCUT2D eigenvalue weighted by Crippen LogP contribution is 2.11. The third kappa shape index (κ3) is 2.82. The molecule has 0 bridgehead atoms. The first-order valence-corrected chi connectivity index (χ1v) is 6.74. The summed E-state index contributed by atoms with van der Waals surface area (Å²) in [4.78, 5) is 28.8. The second-order valence-corrected chi connectivity index (χ2v) is 5.32. The predicted molar refractivity (Wildman–Crippen MR) is 74.3 cm³/mol. The van der Waals surface area contributed by atoms with E-state index < -0.39 is 0 Å². The second-order valence-electron chi connectivity index (χ2n) is 4.38. The third-order valence-corrected chi connectivity index (χ3v) is 3.90. The lowest BCUT2D eigenvalue weighted by molar-refractivity contribution is 0.632. The van der Waals surface area contributed by atoms with Crippen LogP contribution in [-0.4, -0.2) is 14.1 Å². The molecule has 0 saturated heterocycles. The van der Waals surface area contributed by atoms with Crippen LogP contribution in [0, 0.1) is 6.92 Å². The maximum absolute atomic E-state index is 11.9. The highest BCUT2D eigenvalue weighted by Gasteiger charge is 2.07. The molecule has 2 aromatic heterocycles. The molecule has 0 aliphatic carbocycles. The topological polar surface area (TPSA) is 68.9 Å². The second kappa shape index (κ2) is 5.50. The Morgan fingerprint density at radius 2 is 2.05 bits per heavy atom. The van der Waals surface area contributed by atoms with Gasteiger partial charge in [-0.3, -0.25) is 9.36 Å². The molecule has 0 aliphatic heterocycles. The highest BCUT2D eigenvalue weighted by atomic mass is 32.1. The van der Waals surface area contributed by atoms with Crippen LogP contribution >= 0.6 is 11.3 Å². The van der Waals surface area contributed by atoms with Gasteiger partial charge >= 0.3 is 5.69 Å². The monoisotopic (exact) mass is 280 g/mol. The molecule has 19 heavy (non-hydrogen) atoms. The van der Waals surface area contributed by atoms with Crippen LogP contribution in [0.4, 0.5) is 0 Å². The van der Waals surface area contributed by atoms with Crippen LogP contribution in [-0.2, 0) is 27.2 Å². The molecule has 1 N–H and O–H groups in total. The van der Waals surface area contributed by atoms with E-state index in [-0.39, 0.29) is 11.2 Å². The normalized spacial score (nSPS) is 10.9. The first-order valence-electron chi connectivity index (χ1n) is 5.86. The standard InChI is InChI=1S/C12H16N4O2S/c1-8-10(19-7-14-8)5-13-4-9-6-15(2)12(18)16(3)11(9)17/h6-7,13H,4-5H2,1-3H3. The van der Waals surface area contributed by atoms with Crippen molar-refractivity contribution in [1.29, 1.82) is 0 Å². The fourth-order valence-electron chi connectivity index (χ4n) is 1.81. The lowest BCUT2D eigenvalue weighted by Crippen LogP contribution is -2.39. The Morgan fingerprint density at radius 3 is 2.68 bits per heavy atom. The van der Waals surface area contributed by atoms with Gasteiger partial charge < -0.3 is 9.88 Å². The first-order chi connectivity index (χ1) is 9.00. The van der Waals surface area contributed by atoms with Crippen LogP contribution < -0.4 is 16.6 Å². The van der Waals surface area contributed by atoms with Crippen LogP contribution in [0.2, 0.25) is 0 Å². The summed E-state index contributed by atoms with van der Waals surface area (Å²) in [6.45, 7) is 3.05. The molecule has 0 aliphatic rings. The van der Waals surface area contributed by atoms with Crippen molar-refractivity contribution in [3.05, 3.63) is 48.7 Å². The number of nitrogens with zero attached hydrogens (tertiary/aromatic N) is 3. The van der Waals surface area contributed by atoms with E-state index in [9.17, 15) is 9.59 Å². The maximum Gasteiger partial charge on any atom is 0.330 e. The summed E-state index contributed by atoms with van der Waals surface area (Å²) >= 11 is 1.59. The minimum absolute atomic E-state index is 0.253. The van der Waals surface area contributed by atoms with Crippen molar-refractivity contribution in [2.24, 2.45) is 14.1 Å². The zero-order valence-corrected chi connectivity index (χ0v) is 12.0. The fourth-order valence-corrected chi connectivity index (χ4v) is 2.56. The zero-order valence-electron chi connectivity index (χ0n) is 11.1. The number of rotatable bonds is 4. The molecular formula is C12H16N4O2S. The highest BCUT2D eigenvalue weighted by molar-refractivity contribution is 7.09. The fraction of sp³-hybridized carbons (Fsp3) is 0.417. The molecule has 2 heterocycles. The molecular weight excluding hydrogens is 264 g/mol. The smallest absolute Gasteiger partial charge is 0.307 e. The van der Waals surface area contributed by atoms with Gasteiger partial charge in [-0.05, 0) is 6.92 Å². The van der Waals surface area contributed by atoms with Gasteiger partial charge in [0.05, 0.1) is 11.2 Å². The average molecular weight is 280 g/mol. The molecule has 0 unspecified atom stereocenters. The Labute approximate surface area is 114 Å². The van der Waals surface area contributed by atoms with E-state index in [1.807, 2.05) is 6.92 Å². The molecule has 102 valence electrons. The molecule has 2 rings (SSSR count). The van der Waals surface area contributed by atoms with E-state index in [1.54, 1.807) is 30.1 Å². The van der Waals surface area contributed by atoms with Gasteiger partial charge in [0.25, 0.3) is 5.56 Å². The van der Waals surface area contributed by atoms with E-state index in [2.05, 4.69) is 10.3 Å². The molecule has 6 nitrogen and oxygen atoms in total. The van der Waals surface area contributed by atoms with Gasteiger partial charge in [-0.15, -0.1) is 11.3 Å². The van der Waals surface area contributed by atoms with Crippen molar-refractivity contribution in [2.45, 2.75) is 20.0 Å². The molecule has 7 heteroatoms. The van der Waals surface area contributed by atoms with Crippen molar-refractivity contribution in [2.75, 3.05) is 0 Å². The Hall–Kier alpha value is -1.73.